The molecule has 0 aromatic rings. The van der Waals surface area contributed by atoms with Gasteiger partial charge in [0, 0.05) is 0 Å². The zero-order valence-corrected chi connectivity index (χ0v) is 6.15. The lowest BCUT2D eigenvalue weighted by Gasteiger charge is -2.21. The average molecular weight is 126 g/mol. The Kier molecular flexibility index (Phi) is 1.62. The third-order valence-electron chi connectivity index (χ3n) is 2.33. The molecule has 1 aliphatic rings. The summed E-state index contributed by atoms with van der Waals surface area (Å²) in [5, 5.41) is 9.70. The highest BCUT2D eigenvalue weighted by atomic mass is 16.3. The Morgan fingerprint density at radius 3 is 2.67 bits per heavy atom. The van der Waals surface area contributed by atoms with Gasteiger partial charge in [-0.1, -0.05) is 13.0 Å². The van der Waals surface area contributed by atoms with E-state index >= 15 is 0 Å². The lowest BCUT2D eigenvalue weighted by atomic mass is 9.94. The third-order valence-corrected chi connectivity index (χ3v) is 2.33. The molecule has 0 aromatic heterocycles. The molecule has 0 aliphatic heterocycles. The molecule has 0 heterocycles. The molecule has 1 nitrogen and oxygen atoms in total. The molecule has 0 radical (unpaired) electrons. The second-order valence-corrected chi connectivity index (χ2v) is 2.81. The third kappa shape index (κ3) is 1.01. The number of allylic oxidation sites excluding steroid dienone is 1. The molecular weight excluding hydrogens is 112 g/mol. The Balaban J connectivity index is 2.70. The van der Waals surface area contributed by atoms with Gasteiger partial charge in [0.05, 0.1) is 5.60 Å². The number of rotatable bonds is 1. The van der Waals surface area contributed by atoms with Crippen LogP contribution in [0, 0.1) is 0 Å². The fraction of sp³-hybridized carbons (Fsp3) is 0.750. The lowest BCUT2D eigenvalue weighted by molar-refractivity contribution is 0.0754. The van der Waals surface area contributed by atoms with Gasteiger partial charge in [-0.05, 0) is 31.8 Å². The summed E-state index contributed by atoms with van der Waals surface area (Å²) >= 11 is 0. The monoisotopic (exact) mass is 126 g/mol. The van der Waals surface area contributed by atoms with Crippen molar-refractivity contribution in [3.63, 3.8) is 0 Å². The molecular formula is C8H14O. The van der Waals surface area contributed by atoms with E-state index in [4.69, 9.17) is 0 Å². The maximum Gasteiger partial charge on any atom is 0.0854 e. The second kappa shape index (κ2) is 2.14. The van der Waals surface area contributed by atoms with E-state index in [1.165, 1.54) is 0 Å². The van der Waals surface area contributed by atoms with E-state index in [-0.39, 0.29) is 0 Å². The first-order valence-electron chi connectivity index (χ1n) is 3.58. The van der Waals surface area contributed by atoms with Crippen LogP contribution in [-0.2, 0) is 0 Å². The molecule has 1 aliphatic carbocycles. The van der Waals surface area contributed by atoms with Crippen LogP contribution in [0.25, 0.3) is 0 Å². The van der Waals surface area contributed by atoms with Gasteiger partial charge in [-0.15, -0.1) is 0 Å². The van der Waals surface area contributed by atoms with E-state index in [2.05, 4.69) is 6.08 Å². The molecule has 1 heteroatoms. The Morgan fingerprint density at radius 1 is 1.78 bits per heavy atom. The van der Waals surface area contributed by atoms with Crippen LogP contribution in [-0.4, -0.2) is 10.7 Å². The van der Waals surface area contributed by atoms with Gasteiger partial charge in [0.2, 0.25) is 0 Å². The highest BCUT2D eigenvalue weighted by Gasteiger charge is 2.29. The topological polar surface area (TPSA) is 20.2 Å². The fourth-order valence-corrected chi connectivity index (χ4v) is 1.37. The van der Waals surface area contributed by atoms with Crippen molar-refractivity contribution in [3.05, 3.63) is 11.6 Å². The zero-order valence-electron chi connectivity index (χ0n) is 6.15. The van der Waals surface area contributed by atoms with Crippen molar-refractivity contribution in [3.8, 4) is 0 Å². The molecule has 0 saturated carbocycles. The number of hydrogen-bond acceptors (Lipinski definition) is 1. The van der Waals surface area contributed by atoms with Crippen LogP contribution in [0.15, 0.2) is 11.6 Å². The molecule has 1 atom stereocenters. The molecule has 0 spiro atoms. The molecule has 0 saturated heterocycles. The van der Waals surface area contributed by atoms with Crippen molar-refractivity contribution in [2.45, 2.75) is 38.7 Å². The van der Waals surface area contributed by atoms with Crippen LogP contribution >= 0.6 is 0 Å². The molecule has 0 unspecified atom stereocenters. The molecule has 1 rings (SSSR count). The highest BCUT2D eigenvalue weighted by molar-refractivity contribution is 5.19. The van der Waals surface area contributed by atoms with Crippen LogP contribution in [0.3, 0.4) is 0 Å². The minimum absolute atomic E-state index is 0.444. The van der Waals surface area contributed by atoms with Crippen molar-refractivity contribution in [2.75, 3.05) is 0 Å². The van der Waals surface area contributed by atoms with Crippen LogP contribution in [0.5, 0.6) is 0 Å². The zero-order chi connectivity index (χ0) is 6.91. The molecule has 0 bridgehead atoms. The van der Waals surface area contributed by atoms with Crippen molar-refractivity contribution >= 4 is 0 Å². The molecule has 52 valence electrons. The normalized spacial score (nSPS) is 34.8. The summed E-state index contributed by atoms with van der Waals surface area (Å²) in [5.74, 6) is 0. The van der Waals surface area contributed by atoms with E-state index < -0.39 is 5.60 Å². The molecule has 1 N–H and O–H groups in total. The van der Waals surface area contributed by atoms with Gasteiger partial charge in [-0.25, -0.2) is 0 Å². The van der Waals surface area contributed by atoms with Gasteiger partial charge in [-0.2, -0.15) is 0 Å². The van der Waals surface area contributed by atoms with Crippen LogP contribution < -0.4 is 0 Å². The summed E-state index contributed by atoms with van der Waals surface area (Å²) in [6.45, 7) is 4.04. The van der Waals surface area contributed by atoms with Crippen molar-refractivity contribution < 1.29 is 5.11 Å². The fourth-order valence-electron chi connectivity index (χ4n) is 1.37. The lowest BCUT2D eigenvalue weighted by Crippen LogP contribution is -2.25. The van der Waals surface area contributed by atoms with Crippen LogP contribution in [0.1, 0.15) is 33.1 Å². The minimum atomic E-state index is -0.444. The molecule has 0 aromatic carbocycles. The van der Waals surface area contributed by atoms with Crippen LogP contribution in [0.4, 0.5) is 0 Å². The molecule has 0 fully saturated rings. The maximum absolute atomic E-state index is 9.70. The summed E-state index contributed by atoms with van der Waals surface area (Å²) in [7, 11) is 0. The van der Waals surface area contributed by atoms with E-state index in [1.54, 1.807) is 0 Å². The van der Waals surface area contributed by atoms with Gasteiger partial charge in [0.1, 0.15) is 0 Å². The predicted octanol–water partition coefficient (Wildman–Crippen LogP) is 1.87. The van der Waals surface area contributed by atoms with Gasteiger partial charge in [0.15, 0.2) is 0 Å². The first kappa shape index (κ1) is 6.81. The first-order valence-corrected chi connectivity index (χ1v) is 3.58. The Bertz CT molecular complexity index is 138. The molecule has 0 amide bonds. The summed E-state index contributed by atoms with van der Waals surface area (Å²) < 4.78 is 0. The quantitative estimate of drug-likeness (QED) is 0.532. The van der Waals surface area contributed by atoms with Gasteiger partial charge < -0.3 is 5.11 Å². The second-order valence-electron chi connectivity index (χ2n) is 2.81. The SMILES string of the molecule is CC[C@]1(O)CCC=C1C. The summed E-state index contributed by atoms with van der Waals surface area (Å²) in [5.41, 5.74) is 0.713. The number of aliphatic hydroxyl groups is 1. The Labute approximate surface area is 56.4 Å². The van der Waals surface area contributed by atoms with E-state index in [9.17, 15) is 5.11 Å². The highest BCUT2D eigenvalue weighted by Crippen LogP contribution is 2.32. The Hall–Kier alpha value is -0.300. The van der Waals surface area contributed by atoms with Gasteiger partial charge in [-0.3, -0.25) is 0 Å². The minimum Gasteiger partial charge on any atom is -0.386 e. The maximum atomic E-state index is 9.70. The number of hydrogen-bond donors (Lipinski definition) is 1. The molecule has 9 heavy (non-hydrogen) atoms. The van der Waals surface area contributed by atoms with E-state index in [0.29, 0.717) is 0 Å². The standard InChI is InChI=1S/C8H14O/c1-3-8(9)6-4-5-7(8)2/h5,9H,3-4,6H2,1-2H3/t8-/m0/s1. The van der Waals surface area contributed by atoms with Crippen molar-refractivity contribution in [2.24, 2.45) is 0 Å². The largest absolute Gasteiger partial charge is 0.386 e. The summed E-state index contributed by atoms with van der Waals surface area (Å²) in [6.07, 6.45) is 4.96. The van der Waals surface area contributed by atoms with E-state index in [0.717, 1.165) is 24.8 Å². The smallest absolute Gasteiger partial charge is 0.0854 e. The van der Waals surface area contributed by atoms with Crippen molar-refractivity contribution in [1.82, 2.24) is 0 Å². The van der Waals surface area contributed by atoms with Gasteiger partial charge in [0.25, 0.3) is 0 Å². The Morgan fingerprint density at radius 2 is 2.44 bits per heavy atom. The van der Waals surface area contributed by atoms with Gasteiger partial charge >= 0.3 is 0 Å². The summed E-state index contributed by atoms with van der Waals surface area (Å²) in [6, 6.07) is 0. The van der Waals surface area contributed by atoms with Crippen molar-refractivity contribution in [1.29, 1.82) is 0 Å². The predicted molar refractivity (Wildman–Crippen MR) is 38.2 cm³/mol. The van der Waals surface area contributed by atoms with E-state index in [1.807, 2.05) is 13.8 Å². The summed E-state index contributed by atoms with van der Waals surface area (Å²) in [4.78, 5) is 0. The first-order chi connectivity index (χ1) is 4.19. The van der Waals surface area contributed by atoms with Crippen LogP contribution in [0.2, 0.25) is 0 Å². The average Bonchev–Trinajstić information content (AvgIpc) is 2.15.